The standard InChI is InChI=1S/C80H131NO8/c1-6-8-10-12-14-16-18-20-22-24-26-28-30-32-34-36-37-38-39-40-41-43-45-47-49-51-53-55-57-59-61-63-65-67-69-71-78(83)89-76(75-88-80(79(84)85)86-73-72-81(3,4)5)74-87-77(82)70-68-66-64-62-60-58-56-54-52-50-48-46-44-42-35-33-31-29-27-25-23-21-19-17-15-13-11-9-7-2/h8-11,14-17,20-23,26-29,32,34,37-38,40-41,45,47,51,53,76,80H,6-7,12-13,18-19,24-25,30-31,33,35-36,39,42-44,46,48-50,52,54-75H2,1-5H3/b10-8-,11-9-,16-14-,17-15-,22-20-,23-21-,28-26-,29-27-,34-32-,38-37-,41-40-,47-45-,53-51-. The van der Waals surface area contributed by atoms with Crippen LogP contribution in [0, 0.1) is 0 Å². The first kappa shape index (κ1) is 83.9. The maximum Gasteiger partial charge on any atom is 0.306 e. The van der Waals surface area contributed by atoms with Gasteiger partial charge in [-0.3, -0.25) is 9.59 Å². The lowest BCUT2D eigenvalue weighted by molar-refractivity contribution is -0.870. The van der Waals surface area contributed by atoms with Crippen LogP contribution in [0.4, 0.5) is 0 Å². The smallest absolute Gasteiger partial charge is 0.306 e. The fourth-order valence-electron chi connectivity index (χ4n) is 9.40. The summed E-state index contributed by atoms with van der Waals surface area (Å²) in [5.74, 6) is -2.31. The van der Waals surface area contributed by atoms with E-state index in [2.05, 4.69) is 172 Å². The molecule has 0 amide bonds. The molecule has 504 valence electrons. The third kappa shape index (κ3) is 70.2. The number of allylic oxidation sites excluding steroid dienone is 26. The molecule has 0 saturated carbocycles. The van der Waals surface area contributed by atoms with Crippen molar-refractivity contribution in [3.05, 3.63) is 158 Å². The summed E-state index contributed by atoms with van der Waals surface area (Å²) in [6.07, 6.45) is 98.9. The number of carbonyl (C=O) groups is 3. The highest BCUT2D eigenvalue weighted by molar-refractivity contribution is 5.70. The van der Waals surface area contributed by atoms with E-state index in [9.17, 15) is 19.5 Å². The number of carbonyl (C=O) groups excluding carboxylic acids is 3. The highest BCUT2D eigenvalue weighted by Gasteiger charge is 2.22. The summed E-state index contributed by atoms with van der Waals surface area (Å²) < 4.78 is 22.8. The summed E-state index contributed by atoms with van der Waals surface area (Å²) in [4.78, 5) is 37.5. The molecule has 0 heterocycles. The minimum Gasteiger partial charge on any atom is -0.545 e. The van der Waals surface area contributed by atoms with Crippen LogP contribution in [0.3, 0.4) is 0 Å². The molecule has 0 aromatic heterocycles. The molecule has 0 saturated heterocycles. The van der Waals surface area contributed by atoms with Crippen molar-refractivity contribution >= 4 is 17.9 Å². The first-order valence-corrected chi connectivity index (χ1v) is 35.6. The van der Waals surface area contributed by atoms with Gasteiger partial charge in [0.15, 0.2) is 12.4 Å². The van der Waals surface area contributed by atoms with Crippen LogP contribution in [0.25, 0.3) is 0 Å². The molecular formula is C80H131NO8. The number of esters is 2. The number of rotatable bonds is 64. The van der Waals surface area contributed by atoms with Gasteiger partial charge in [0.25, 0.3) is 0 Å². The van der Waals surface area contributed by atoms with Crippen molar-refractivity contribution < 1.29 is 42.9 Å². The van der Waals surface area contributed by atoms with Gasteiger partial charge < -0.3 is 33.3 Å². The summed E-state index contributed by atoms with van der Waals surface area (Å²) >= 11 is 0. The van der Waals surface area contributed by atoms with E-state index in [1.54, 1.807) is 0 Å². The van der Waals surface area contributed by atoms with Gasteiger partial charge in [0.2, 0.25) is 0 Å². The number of unbranched alkanes of at least 4 members (excludes halogenated alkanes) is 23. The molecule has 0 fully saturated rings. The van der Waals surface area contributed by atoms with Gasteiger partial charge in [0, 0.05) is 12.8 Å². The molecule has 0 aliphatic heterocycles. The number of hydrogen-bond acceptors (Lipinski definition) is 8. The summed E-state index contributed by atoms with van der Waals surface area (Å²) in [6, 6.07) is 0. The first-order valence-electron chi connectivity index (χ1n) is 35.6. The average Bonchev–Trinajstić information content (AvgIpc) is 3.64. The molecule has 2 atom stereocenters. The lowest BCUT2D eigenvalue weighted by Crippen LogP contribution is -2.44. The first-order chi connectivity index (χ1) is 43.6. The van der Waals surface area contributed by atoms with Gasteiger partial charge in [-0.15, -0.1) is 0 Å². The molecule has 0 aromatic rings. The predicted octanol–water partition coefficient (Wildman–Crippen LogP) is 21.1. The number of hydrogen-bond donors (Lipinski definition) is 0. The zero-order chi connectivity index (χ0) is 64.7. The number of likely N-dealkylation sites (N-methyl/N-ethyl adjacent to an activating group) is 1. The maximum absolute atomic E-state index is 12.9. The fourth-order valence-corrected chi connectivity index (χ4v) is 9.40. The minimum atomic E-state index is -1.63. The quantitative estimate of drug-likeness (QED) is 0.0195. The largest absolute Gasteiger partial charge is 0.545 e. The summed E-state index contributed by atoms with van der Waals surface area (Å²) in [5.41, 5.74) is 0. The van der Waals surface area contributed by atoms with Crippen molar-refractivity contribution in [3.63, 3.8) is 0 Å². The van der Waals surface area contributed by atoms with Crippen molar-refractivity contribution in [1.29, 1.82) is 0 Å². The van der Waals surface area contributed by atoms with Crippen molar-refractivity contribution in [2.45, 2.75) is 283 Å². The third-order valence-corrected chi connectivity index (χ3v) is 14.8. The zero-order valence-electron chi connectivity index (χ0n) is 57.5. The number of carboxylic acid groups (broad SMARTS) is 1. The Morgan fingerprint density at radius 2 is 0.607 bits per heavy atom. The second-order valence-electron chi connectivity index (χ2n) is 24.4. The number of ether oxygens (including phenoxy) is 4. The van der Waals surface area contributed by atoms with E-state index >= 15 is 0 Å². The molecule has 0 bridgehead atoms. The number of quaternary nitrogens is 1. The molecular weight excluding hydrogens is 1100 g/mol. The second kappa shape index (κ2) is 68.8. The lowest BCUT2D eigenvalue weighted by atomic mass is 10.0. The zero-order valence-corrected chi connectivity index (χ0v) is 57.5. The topological polar surface area (TPSA) is 111 Å². The van der Waals surface area contributed by atoms with E-state index in [0.717, 1.165) is 128 Å². The Balaban J connectivity index is 4.19. The predicted molar refractivity (Wildman–Crippen MR) is 379 cm³/mol. The molecule has 0 rings (SSSR count). The molecule has 9 heteroatoms. The number of nitrogens with zero attached hydrogens (tertiary/aromatic N) is 1. The van der Waals surface area contributed by atoms with E-state index < -0.39 is 24.3 Å². The average molecular weight is 1230 g/mol. The Bertz CT molecular complexity index is 2020. The Kier molecular flexibility index (Phi) is 64.9. The molecule has 0 aliphatic carbocycles. The van der Waals surface area contributed by atoms with E-state index in [1.165, 1.54) is 109 Å². The van der Waals surface area contributed by atoms with Crippen LogP contribution < -0.4 is 5.11 Å². The van der Waals surface area contributed by atoms with Crippen LogP contribution >= 0.6 is 0 Å². The molecule has 89 heavy (non-hydrogen) atoms. The van der Waals surface area contributed by atoms with Gasteiger partial charge >= 0.3 is 11.9 Å². The van der Waals surface area contributed by atoms with Gasteiger partial charge in [-0.25, -0.2) is 0 Å². The van der Waals surface area contributed by atoms with Crippen LogP contribution in [0.5, 0.6) is 0 Å². The summed E-state index contributed by atoms with van der Waals surface area (Å²) in [5, 5.41) is 11.8. The SMILES string of the molecule is CC/C=C\C/C=C\C/C=C\C/C=C\C/C=C\C/C=C\C/C=C\C/C=C\C/C=C\CCCCCCCCCC(=O)OC(COC(=O)CCCCCCCCCCCCCCCCCC/C=C\C/C=C\C/C=C\C/C=C\CC)COC(OCC[N+](C)(C)C)C(=O)[O-]. The van der Waals surface area contributed by atoms with Crippen LogP contribution in [0.1, 0.15) is 271 Å². The van der Waals surface area contributed by atoms with Crippen molar-refractivity contribution in [2.24, 2.45) is 0 Å². The minimum absolute atomic E-state index is 0.138. The summed E-state index contributed by atoms with van der Waals surface area (Å²) in [6.45, 7) is 4.51. The molecule has 0 aliphatic rings. The Hall–Kier alpha value is -5.09. The highest BCUT2D eigenvalue weighted by atomic mass is 16.7. The number of aliphatic carboxylic acids is 1. The number of carboxylic acids is 1. The lowest BCUT2D eigenvalue weighted by Gasteiger charge is -2.26. The molecule has 0 aromatic carbocycles. The van der Waals surface area contributed by atoms with E-state index in [4.69, 9.17) is 18.9 Å². The Morgan fingerprint density at radius 1 is 0.337 bits per heavy atom. The van der Waals surface area contributed by atoms with Gasteiger partial charge in [-0.05, 0) is 122 Å². The molecule has 0 spiro atoms. The van der Waals surface area contributed by atoms with Crippen molar-refractivity contribution in [1.82, 2.24) is 0 Å². The molecule has 0 N–H and O–H groups in total. The highest BCUT2D eigenvalue weighted by Crippen LogP contribution is 2.16. The van der Waals surface area contributed by atoms with Gasteiger partial charge in [0.1, 0.15) is 13.2 Å². The van der Waals surface area contributed by atoms with Crippen LogP contribution in [-0.2, 0) is 33.3 Å². The van der Waals surface area contributed by atoms with Crippen LogP contribution in [0.15, 0.2) is 158 Å². The monoisotopic (exact) mass is 1230 g/mol. The van der Waals surface area contributed by atoms with E-state index in [1.807, 2.05) is 21.1 Å². The normalized spacial score (nSPS) is 13.7. The molecule has 2 unspecified atom stereocenters. The molecule has 0 radical (unpaired) electrons. The van der Waals surface area contributed by atoms with Crippen molar-refractivity contribution in [2.75, 3.05) is 47.5 Å². The maximum atomic E-state index is 12.9. The third-order valence-electron chi connectivity index (χ3n) is 14.8. The Morgan fingerprint density at radius 3 is 0.899 bits per heavy atom. The summed E-state index contributed by atoms with van der Waals surface area (Å²) in [7, 11) is 5.92. The van der Waals surface area contributed by atoms with Crippen molar-refractivity contribution in [3.8, 4) is 0 Å². The second-order valence-corrected chi connectivity index (χ2v) is 24.4. The fraction of sp³-hybridized carbons (Fsp3) is 0.637. The van der Waals surface area contributed by atoms with Crippen LogP contribution in [-0.4, -0.2) is 82.3 Å². The molecule has 9 nitrogen and oxygen atoms in total. The van der Waals surface area contributed by atoms with Gasteiger partial charge in [-0.2, -0.15) is 0 Å². The van der Waals surface area contributed by atoms with Crippen LogP contribution in [0.2, 0.25) is 0 Å². The van der Waals surface area contributed by atoms with Gasteiger partial charge in [-0.1, -0.05) is 294 Å². The van der Waals surface area contributed by atoms with E-state index in [0.29, 0.717) is 17.4 Å². The van der Waals surface area contributed by atoms with E-state index in [-0.39, 0.29) is 38.6 Å². The van der Waals surface area contributed by atoms with Gasteiger partial charge in [0.05, 0.1) is 40.3 Å². The Labute approximate surface area is 546 Å².